The molecule has 0 aliphatic carbocycles. The summed E-state index contributed by atoms with van der Waals surface area (Å²) in [7, 11) is 1.84. The molecule has 2 rings (SSSR count). The van der Waals surface area contributed by atoms with Crippen molar-refractivity contribution in [3.8, 4) is 5.69 Å². The van der Waals surface area contributed by atoms with Crippen molar-refractivity contribution < 1.29 is 9.90 Å². The van der Waals surface area contributed by atoms with Gasteiger partial charge in [-0.25, -0.2) is 0 Å². The first kappa shape index (κ1) is 13.2. The van der Waals surface area contributed by atoms with E-state index >= 15 is 0 Å². The van der Waals surface area contributed by atoms with Gasteiger partial charge in [0, 0.05) is 6.54 Å². The van der Waals surface area contributed by atoms with E-state index in [0.717, 1.165) is 5.69 Å². The summed E-state index contributed by atoms with van der Waals surface area (Å²) >= 11 is 0. The van der Waals surface area contributed by atoms with Crippen molar-refractivity contribution >= 4 is 5.97 Å². The molecule has 0 spiro atoms. The molecule has 0 aliphatic heterocycles. The molecule has 100 valence electrons. The molecule has 0 aliphatic rings. The predicted octanol–water partition coefficient (Wildman–Crippen LogP) is 0.569. The van der Waals surface area contributed by atoms with Crippen molar-refractivity contribution in [2.24, 2.45) is 0 Å². The number of rotatable bonds is 6. The van der Waals surface area contributed by atoms with E-state index in [1.165, 1.54) is 0 Å². The number of nitrogens with zero attached hydrogens (tertiary/aromatic N) is 5. The van der Waals surface area contributed by atoms with Gasteiger partial charge in [-0.1, -0.05) is 18.2 Å². The van der Waals surface area contributed by atoms with Crippen LogP contribution in [0, 0.1) is 0 Å². The van der Waals surface area contributed by atoms with Gasteiger partial charge in [-0.05, 0) is 29.6 Å². The molecular weight excluding hydrogens is 246 g/mol. The number of benzene rings is 1. The number of hydrogen-bond acceptors (Lipinski definition) is 5. The van der Waals surface area contributed by atoms with Crippen LogP contribution in [-0.2, 0) is 11.3 Å². The molecular formula is C12H15N5O2. The molecule has 1 N–H and O–H groups in total. The maximum atomic E-state index is 10.5. The topological polar surface area (TPSA) is 84.1 Å². The Morgan fingerprint density at radius 2 is 2.11 bits per heavy atom. The van der Waals surface area contributed by atoms with Crippen molar-refractivity contribution in [2.45, 2.75) is 13.0 Å². The highest BCUT2D eigenvalue weighted by molar-refractivity contribution is 5.66. The predicted molar refractivity (Wildman–Crippen MR) is 67.7 cm³/mol. The van der Waals surface area contributed by atoms with Crippen LogP contribution in [0.2, 0.25) is 0 Å². The second-order valence-corrected chi connectivity index (χ2v) is 4.22. The van der Waals surface area contributed by atoms with E-state index in [2.05, 4.69) is 15.5 Å². The number of aromatic nitrogens is 4. The zero-order valence-corrected chi connectivity index (χ0v) is 10.6. The van der Waals surface area contributed by atoms with Gasteiger partial charge < -0.3 is 5.11 Å². The van der Waals surface area contributed by atoms with E-state index in [1.807, 2.05) is 42.3 Å². The number of carboxylic acids is 1. The highest BCUT2D eigenvalue weighted by Gasteiger charge is 2.11. The second-order valence-electron chi connectivity index (χ2n) is 4.22. The summed E-state index contributed by atoms with van der Waals surface area (Å²) < 4.78 is 1.65. The van der Waals surface area contributed by atoms with Gasteiger partial charge in [0.15, 0.2) is 5.82 Å². The Hall–Kier alpha value is -2.28. The molecule has 0 atom stereocenters. The summed E-state index contributed by atoms with van der Waals surface area (Å²) in [4.78, 5) is 12.4. The van der Waals surface area contributed by atoms with Gasteiger partial charge >= 0.3 is 5.97 Å². The fourth-order valence-electron chi connectivity index (χ4n) is 1.68. The quantitative estimate of drug-likeness (QED) is 0.818. The molecule has 0 bridgehead atoms. The van der Waals surface area contributed by atoms with Crippen molar-refractivity contribution in [3.63, 3.8) is 0 Å². The molecule has 2 aromatic rings. The van der Waals surface area contributed by atoms with Gasteiger partial charge in [-0.2, -0.15) is 4.68 Å². The minimum Gasteiger partial charge on any atom is -0.481 e. The first-order valence-electron chi connectivity index (χ1n) is 5.90. The van der Waals surface area contributed by atoms with E-state index in [-0.39, 0.29) is 6.42 Å². The Bertz CT molecular complexity index is 540. The molecule has 1 heterocycles. The summed E-state index contributed by atoms with van der Waals surface area (Å²) in [6, 6.07) is 9.57. The van der Waals surface area contributed by atoms with Crippen molar-refractivity contribution in [1.29, 1.82) is 0 Å². The molecule has 0 unspecified atom stereocenters. The van der Waals surface area contributed by atoms with Gasteiger partial charge in [-0.15, -0.1) is 5.10 Å². The minimum absolute atomic E-state index is 0.101. The third kappa shape index (κ3) is 3.59. The van der Waals surface area contributed by atoms with Crippen LogP contribution in [0.25, 0.3) is 5.69 Å². The van der Waals surface area contributed by atoms with Crippen LogP contribution < -0.4 is 0 Å². The van der Waals surface area contributed by atoms with Gasteiger partial charge in [0.25, 0.3) is 0 Å². The SMILES string of the molecule is CN(CCC(=O)O)Cc1nnnn1-c1ccccc1. The molecule has 1 aromatic heterocycles. The average Bonchev–Trinajstić information content (AvgIpc) is 2.85. The Kier molecular flexibility index (Phi) is 4.19. The second kappa shape index (κ2) is 6.05. The number of carbonyl (C=O) groups is 1. The van der Waals surface area contributed by atoms with Crippen LogP contribution in [0.4, 0.5) is 0 Å². The van der Waals surface area contributed by atoms with Gasteiger partial charge in [0.2, 0.25) is 0 Å². The van der Waals surface area contributed by atoms with Crippen LogP contribution in [0.3, 0.4) is 0 Å². The highest BCUT2D eigenvalue weighted by atomic mass is 16.4. The van der Waals surface area contributed by atoms with Crippen LogP contribution in [-0.4, -0.2) is 49.8 Å². The summed E-state index contributed by atoms with van der Waals surface area (Å²) in [5.41, 5.74) is 0.883. The van der Waals surface area contributed by atoms with Crippen LogP contribution in [0.1, 0.15) is 12.2 Å². The number of aliphatic carboxylic acids is 1. The number of carboxylic acid groups (broad SMARTS) is 1. The number of para-hydroxylation sites is 1. The molecule has 1 aromatic carbocycles. The van der Waals surface area contributed by atoms with Crippen LogP contribution in [0.5, 0.6) is 0 Å². The fourth-order valence-corrected chi connectivity index (χ4v) is 1.68. The summed E-state index contributed by atoms with van der Waals surface area (Å²) in [5.74, 6) is -0.131. The smallest absolute Gasteiger partial charge is 0.304 e. The number of hydrogen-bond donors (Lipinski definition) is 1. The fraction of sp³-hybridized carbons (Fsp3) is 0.333. The van der Waals surface area contributed by atoms with Crippen LogP contribution in [0.15, 0.2) is 30.3 Å². The largest absolute Gasteiger partial charge is 0.481 e. The standard InChI is InChI=1S/C12H15N5O2/c1-16(8-7-12(18)19)9-11-13-14-15-17(11)10-5-3-2-4-6-10/h2-6H,7-9H2,1H3,(H,18,19). The van der Waals surface area contributed by atoms with E-state index in [1.54, 1.807) is 4.68 Å². The van der Waals surface area contributed by atoms with Crippen molar-refractivity contribution in [1.82, 2.24) is 25.1 Å². The normalized spacial score (nSPS) is 10.8. The van der Waals surface area contributed by atoms with E-state index in [0.29, 0.717) is 18.9 Å². The summed E-state index contributed by atoms with van der Waals surface area (Å²) in [6.45, 7) is 0.951. The van der Waals surface area contributed by atoms with E-state index < -0.39 is 5.97 Å². The lowest BCUT2D eigenvalue weighted by Crippen LogP contribution is -2.23. The monoisotopic (exact) mass is 261 g/mol. The third-order valence-electron chi connectivity index (χ3n) is 2.65. The Morgan fingerprint density at radius 1 is 1.37 bits per heavy atom. The van der Waals surface area contributed by atoms with Crippen molar-refractivity contribution in [2.75, 3.05) is 13.6 Å². The first-order valence-corrected chi connectivity index (χ1v) is 5.90. The maximum Gasteiger partial charge on any atom is 0.304 e. The van der Waals surface area contributed by atoms with Crippen molar-refractivity contribution in [3.05, 3.63) is 36.2 Å². The molecule has 7 nitrogen and oxygen atoms in total. The molecule has 0 radical (unpaired) electrons. The first-order chi connectivity index (χ1) is 9.16. The van der Waals surface area contributed by atoms with E-state index in [4.69, 9.17) is 5.11 Å². The Morgan fingerprint density at radius 3 is 2.79 bits per heavy atom. The average molecular weight is 261 g/mol. The molecule has 0 saturated carbocycles. The zero-order chi connectivity index (χ0) is 13.7. The molecule has 7 heteroatoms. The summed E-state index contributed by atoms with van der Waals surface area (Å²) in [6.07, 6.45) is 0.101. The Labute approximate surface area is 110 Å². The van der Waals surface area contributed by atoms with Gasteiger partial charge in [0.05, 0.1) is 18.7 Å². The third-order valence-corrected chi connectivity index (χ3v) is 2.65. The highest BCUT2D eigenvalue weighted by Crippen LogP contribution is 2.08. The molecule has 0 fully saturated rings. The Balaban J connectivity index is 2.06. The lowest BCUT2D eigenvalue weighted by molar-refractivity contribution is -0.137. The lowest BCUT2D eigenvalue weighted by atomic mass is 10.3. The molecule has 19 heavy (non-hydrogen) atoms. The lowest BCUT2D eigenvalue weighted by Gasteiger charge is -2.14. The molecule has 0 amide bonds. The van der Waals surface area contributed by atoms with Gasteiger partial charge in [0.1, 0.15) is 0 Å². The van der Waals surface area contributed by atoms with E-state index in [9.17, 15) is 4.79 Å². The minimum atomic E-state index is -0.811. The van der Waals surface area contributed by atoms with Crippen LogP contribution >= 0.6 is 0 Å². The number of tetrazole rings is 1. The summed E-state index contributed by atoms with van der Waals surface area (Å²) in [5, 5.41) is 20.2. The van der Waals surface area contributed by atoms with Gasteiger partial charge in [-0.3, -0.25) is 9.69 Å². The maximum absolute atomic E-state index is 10.5. The molecule has 0 saturated heterocycles. The zero-order valence-electron chi connectivity index (χ0n) is 10.6.